The van der Waals surface area contributed by atoms with Crippen molar-refractivity contribution >= 4 is 34.4 Å². The van der Waals surface area contributed by atoms with Crippen molar-refractivity contribution in [3.63, 3.8) is 0 Å². The van der Waals surface area contributed by atoms with E-state index >= 15 is 0 Å². The molecule has 0 radical (unpaired) electrons. The monoisotopic (exact) mass is 566 g/mol. The molecule has 39 heavy (non-hydrogen) atoms. The van der Waals surface area contributed by atoms with Gasteiger partial charge in [0.2, 0.25) is 5.91 Å². The highest BCUT2D eigenvalue weighted by Crippen LogP contribution is 2.50. The number of rotatable bonds is 5. The van der Waals surface area contributed by atoms with Crippen LogP contribution in [0.5, 0.6) is 0 Å². The number of anilines is 1. The van der Waals surface area contributed by atoms with Crippen LogP contribution in [0.1, 0.15) is 11.6 Å². The van der Waals surface area contributed by atoms with Crippen LogP contribution in [0.2, 0.25) is 0 Å². The third kappa shape index (κ3) is 4.78. The lowest BCUT2D eigenvalue weighted by molar-refractivity contribution is -0.137. The SMILES string of the molecule is C=CC(=O)N1CCN(c2nc(=O)n3c4c(c(-c5ccc(F)cc5F)c(C(F)(F)F)cc24)SCC3COC)CC1. The number of benzene rings is 2. The van der Waals surface area contributed by atoms with Crippen LogP contribution >= 0.6 is 11.8 Å². The molecule has 2 aromatic carbocycles. The van der Waals surface area contributed by atoms with Crippen LogP contribution in [0.3, 0.4) is 0 Å². The first kappa shape index (κ1) is 27.1. The Hall–Kier alpha value is -3.45. The molecule has 2 aliphatic heterocycles. The number of hydrogen-bond donors (Lipinski definition) is 0. The topological polar surface area (TPSA) is 67.7 Å². The Morgan fingerprint density at radius 2 is 1.92 bits per heavy atom. The van der Waals surface area contributed by atoms with Crippen LogP contribution in [0.4, 0.5) is 27.8 Å². The zero-order chi connectivity index (χ0) is 28.1. The predicted octanol–water partition coefficient (Wildman–Crippen LogP) is 4.49. The first-order valence-corrected chi connectivity index (χ1v) is 13.0. The minimum absolute atomic E-state index is 0.0495. The van der Waals surface area contributed by atoms with E-state index in [2.05, 4.69) is 11.6 Å². The van der Waals surface area contributed by atoms with Gasteiger partial charge in [0.05, 0.1) is 23.7 Å². The molecule has 0 saturated carbocycles. The third-order valence-corrected chi connectivity index (χ3v) is 8.10. The average molecular weight is 567 g/mol. The Balaban J connectivity index is 1.81. The van der Waals surface area contributed by atoms with Gasteiger partial charge in [-0.05, 0) is 24.3 Å². The summed E-state index contributed by atoms with van der Waals surface area (Å²) in [5, 5.41) is 0.0694. The summed E-state index contributed by atoms with van der Waals surface area (Å²) in [5.41, 5.74) is -2.51. The van der Waals surface area contributed by atoms with E-state index in [1.165, 1.54) is 17.8 Å². The summed E-state index contributed by atoms with van der Waals surface area (Å²) in [5.74, 6) is -2.13. The van der Waals surface area contributed by atoms with Crippen molar-refractivity contribution < 1.29 is 31.5 Å². The number of amides is 1. The van der Waals surface area contributed by atoms with E-state index in [-0.39, 0.29) is 66.1 Å². The van der Waals surface area contributed by atoms with Crippen molar-refractivity contribution in [2.24, 2.45) is 0 Å². The predicted molar refractivity (Wildman–Crippen MR) is 137 cm³/mol. The Morgan fingerprint density at radius 1 is 1.21 bits per heavy atom. The van der Waals surface area contributed by atoms with Gasteiger partial charge in [-0.1, -0.05) is 6.58 Å². The highest BCUT2D eigenvalue weighted by Gasteiger charge is 2.40. The van der Waals surface area contributed by atoms with Gasteiger partial charge in [-0.15, -0.1) is 11.8 Å². The fourth-order valence-corrected chi connectivity index (χ4v) is 6.41. The molecule has 1 amide bonds. The van der Waals surface area contributed by atoms with Crippen LogP contribution in [-0.4, -0.2) is 66.0 Å². The Labute approximate surface area is 223 Å². The van der Waals surface area contributed by atoms with Gasteiger partial charge < -0.3 is 14.5 Å². The Bertz CT molecular complexity index is 1530. The molecular weight excluding hydrogens is 543 g/mol. The zero-order valence-electron chi connectivity index (χ0n) is 20.7. The molecule has 7 nitrogen and oxygen atoms in total. The van der Waals surface area contributed by atoms with Gasteiger partial charge in [0.1, 0.15) is 17.5 Å². The van der Waals surface area contributed by atoms with E-state index in [0.29, 0.717) is 6.07 Å². The zero-order valence-corrected chi connectivity index (χ0v) is 21.5. The lowest BCUT2D eigenvalue weighted by atomic mass is 9.95. The van der Waals surface area contributed by atoms with Crippen molar-refractivity contribution in [3.05, 3.63) is 64.6 Å². The van der Waals surface area contributed by atoms with E-state index in [4.69, 9.17) is 4.74 Å². The number of carbonyl (C=O) groups excluding carboxylic acids is 1. The number of alkyl halides is 3. The van der Waals surface area contributed by atoms with Crippen LogP contribution in [0, 0.1) is 11.6 Å². The maximum Gasteiger partial charge on any atom is 0.417 e. The fourth-order valence-electron chi connectivity index (χ4n) is 5.10. The maximum absolute atomic E-state index is 15.0. The molecule has 3 heterocycles. The highest BCUT2D eigenvalue weighted by molar-refractivity contribution is 7.99. The number of methoxy groups -OCH3 is 1. The molecular formula is C26H23F5N4O3S. The lowest BCUT2D eigenvalue weighted by Crippen LogP contribution is -2.49. The van der Waals surface area contributed by atoms with Gasteiger partial charge >= 0.3 is 11.9 Å². The van der Waals surface area contributed by atoms with Crippen molar-refractivity contribution in [1.82, 2.24) is 14.5 Å². The second-order valence-corrected chi connectivity index (χ2v) is 10.2. The summed E-state index contributed by atoms with van der Waals surface area (Å²) < 4.78 is 78.9. The number of carbonyl (C=O) groups is 1. The van der Waals surface area contributed by atoms with Crippen LogP contribution < -0.4 is 10.6 Å². The van der Waals surface area contributed by atoms with E-state index in [1.54, 1.807) is 9.80 Å². The molecule has 5 rings (SSSR count). The van der Waals surface area contributed by atoms with Crippen LogP contribution in [0.15, 0.2) is 46.6 Å². The minimum atomic E-state index is -4.90. The average Bonchev–Trinajstić information content (AvgIpc) is 2.90. The number of hydrogen-bond acceptors (Lipinski definition) is 6. The van der Waals surface area contributed by atoms with E-state index in [9.17, 15) is 31.5 Å². The summed E-state index contributed by atoms with van der Waals surface area (Å²) in [6.45, 7) is 4.55. The van der Waals surface area contributed by atoms with Gasteiger partial charge in [0, 0.05) is 66.5 Å². The fraction of sp³-hybridized carbons (Fsp3) is 0.346. The number of piperazine rings is 1. The smallest absolute Gasteiger partial charge is 0.383 e. The maximum atomic E-state index is 15.0. The molecule has 0 N–H and O–H groups in total. The molecule has 0 spiro atoms. The second-order valence-electron chi connectivity index (χ2n) is 9.17. The van der Waals surface area contributed by atoms with Gasteiger partial charge in [-0.25, -0.2) is 13.6 Å². The molecule has 206 valence electrons. The largest absolute Gasteiger partial charge is 0.417 e. The van der Waals surface area contributed by atoms with E-state index in [1.807, 2.05) is 0 Å². The summed E-state index contributed by atoms with van der Waals surface area (Å²) in [6, 6.07) is 2.74. The van der Waals surface area contributed by atoms with Gasteiger partial charge in [-0.2, -0.15) is 18.2 Å². The van der Waals surface area contributed by atoms with Gasteiger partial charge in [0.15, 0.2) is 0 Å². The molecule has 0 bridgehead atoms. The van der Waals surface area contributed by atoms with Crippen LogP contribution in [0.25, 0.3) is 22.0 Å². The van der Waals surface area contributed by atoms with Crippen molar-refractivity contribution in [3.8, 4) is 11.1 Å². The molecule has 0 aliphatic carbocycles. The normalized spacial score (nSPS) is 17.5. The van der Waals surface area contributed by atoms with Gasteiger partial charge in [-0.3, -0.25) is 9.36 Å². The minimum Gasteiger partial charge on any atom is -0.383 e. The number of nitrogens with zero attached hydrogens (tertiary/aromatic N) is 4. The molecule has 1 fully saturated rings. The first-order valence-electron chi connectivity index (χ1n) is 12.0. The Morgan fingerprint density at radius 3 is 2.54 bits per heavy atom. The molecule has 2 aliphatic rings. The van der Waals surface area contributed by atoms with E-state index in [0.717, 1.165) is 30.0 Å². The van der Waals surface area contributed by atoms with Crippen LogP contribution in [-0.2, 0) is 15.7 Å². The van der Waals surface area contributed by atoms with Gasteiger partial charge in [0.25, 0.3) is 0 Å². The molecule has 1 saturated heterocycles. The van der Waals surface area contributed by atoms with Crippen molar-refractivity contribution in [2.45, 2.75) is 17.1 Å². The van der Waals surface area contributed by atoms with E-state index < -0.39 is 46.2 Å². The number of thioether (sulfide) groups is 1. The second kappa shape index (κ2) is 10.3. The Kier molecular flexibility index (Phi) is 7.14. The molecule has 1 unspecified atom stereocenters. The first-order chi connectivity index (χ1) is 18.5. The molecule has 1 aromatic heterocycles. The lowest BCUT2D eigenvalue weighted by Gasteiger charge is -2.36. The number of halogens is 5. The standard InChI is InChI=1S/C26H23F5N4O3S/c1-3-20(36)33-6-8-34(9-7-33)24-17-11-18(26(29,30)31)21(16-5-4-14(27)10-19(16)28)23-22(17)35(25(37)32-24)15(12-38-2)13-39-23/h3-5,10-11,15H,1,6-9,12-13H2,2H3. The summed E-state index contributed by atoms with van der Waals surface area (Å²) in [7, 11) is 1.44. The number of ether oxygens (including phenoxy) is 1. The summed E-state index contributed by atoms with van der Waals surface area (Å²) >= 11 is 1.05. The molecule has 3 aromatic rings. The van der Waals surface area contributed by atoms with Crippen molar-refractivity contribution in [1.29, 1.82) is 0 Å². The number of aromatic nitrogens is 2. The summed E-state index contributed by atoms with van der Waals surface area (Å²) in [6.07, 6.45) is -3.72. The summed E-state index contributed by atoms with van der Waals surface area (Å²) in [4.78, 5) is 32.9. The third-order valence-electron chi connectivity index (χ3n) is 6.86. The molecule has 13 heteroatoms. The highest BCUT2D eigenvalue weighted by atomic mass is 32.2. The molecule has 1 atom stereocenters. The quantitative estimate of drug-likeness (QED) is 0.335. The van der Waals surface area contributed by atoms with Crippen molar-refractivity contribution in [2.75, 3.05) is 50.5 Å².